The highest BCUT2D eigenvalue weighted by atomic mass is 19.1. The average molecular weight is 275 g/mol. The molecule has 0 bridgehead atoms. The number of carbonyl (C=O) groups excluding carboxylic acids is 1. The Hall–Kier alpha value is -2.43. The van der Waals surface area contributed by atoms with Crippen molar-refractivity contribution >= 4 is 11.5 Å². The number of ether oxygens (including phenoxy) is 1. The van der Waals surface area contributed by atoms with Crippen LogP contribution >= 0.6 is 0 Å². The van der Waals surface area contributed by atoms with Crippen LogP contribution in [-0.2, 0) is 0 Å². The number of carbonyl (C=O) groups is 1. The Bertz CT molecular complexity index is 686. The van der Waals surface area contributed by atoms with Gasteiger partial charge in [0.1, 0.15) is 18.2 Å². The van der Waals surface area contributed by atoms with E-state index in [1.165, 1.54) is 0 Å². The second-order valence-electron chi connectivity index (χ2n) is 4.41. The maximum absolute atomic E-state index is 13.7. The van der Waals surface area contributed by atoms with Crippen molar-refractivity contribution in [1.29, 1.82) is 0 Å². The lowest BCUT2D eigenvalue weighted by atomic mass is 10.0. The lowest BCUT2D eigenvalue weighted by Crippen LogP contribution is -2.20. The molecule has 1 aliphatic heterocycles. The van der Waals surface area contributed by atoms with E-state index in [1.54, 1.807) is 18.2 Å². The molecule has 0 spiro atoms. The Morgan fingerprint density at radius 3 is 2.80 bits per heavy atom. The van der Waals surface area contributed by atoms with Gasteiger partial charge in [-0.2, -0.15) is 0 Å². The van der Waals surface area contributed by atoms with Gasteiger partial charge in [0.05, 0.1) is 16.8 Å². The van der Waals surface area contributed by atoms with E-state index in [0.717, 1.165) is 12.1 Å². The Labute approximate surface area is 114 Å². The minimum Gasteiger partial charge on any atom is -0.489 e. The van der Waals surface area contributed by atoms with E-state index in [1.807, 2.05) is 0 Å². The van der Waals surface area contributed by atoms with Crippen LogP contribution in [0.25, 0.3) is 0 Å². The van der Waals surface area contributed by atoms with Gasteiger partial charge in [0, 0.05) is 12.6 Å². The van der Waals surface area contributed by atoms with Crippen molar-refractivity contribution in [2.24, 2.45) is 0 Å². The minimum absolute atomic E-state index is 0.172. The molecule has 0 aromatic heterocycles. The molecule has 5 heteroatoms. The standard InChI is InChI=1S/C15H11F2NO2/c16-9-4-5-10(12(17)8-9)14(19)11-2-1-3-13-15(11)20-7-6-18-13/h1-5,8,18H,6-7H2. The van der Waals surface area contributed by atoms with E-state index in [-0.39, 0.29) is 11.1 Å². The van der Waals surface area contributed by atoms with E-state index in [2.05, 4.69) is 5.32 Å². The van der Waals surface area contributed by atoms with Gasteiger partial charge in [-0.3, -0.25) is 4.79 Å². The van der Waals surface area contributed by atoms with Gasteiger partial charge in [-0.25, -0.2) is 8.78 Å². The topological polar surface area (TPSA) is 38.3 Å². The van der Waals surface area contributed by atoms with Crippen molar-refractivity contribution in [3.8, 4) is 5.75 Å². The van der Waals surface area contributed by atoms with Crippen LogP contribution in [0.3, 0.4) is 0 Å². The highest BCUT2D eigenvalue weighted by Gasteiger charge is 2.22. The van der Waals surface area contributed by atoms with Crippen LogP contribution in [0.5, 0.6) is 5.75 Å². The van der Waals surface area contributed by atoms with E-state index in [9.17, 15) is 13.6 Å². The van der Waals surface area contributed by atoms with Gasteiger partial charge >= 0.3 is 0 Å². The maximum Gasteiger partial charge on any atom is 0.199 e. The molecular formula is C15H11F2NO2. The SMILES string of the molecule is O=C(c1ccc(F)cc1F)c1cccc2c1OCCN2. The van der Waals surface area contributed by atoms with E-state index in [4.69, 9.17) is 4.74 Å². The molecule has 2 aromatic rings. The molecule has 3 rings (SSSR count). The van der Waals surface area contributed by atoms with E-state index < -0.39 is 17.4 Å². The molecule has 0 atom stereocenters. The summed E-state index contributed by atoms with van der Waals surface area (Å²) in [6.07, 6.45) is 0. The second-order valence-corrected chi connectivity index (χ2v) is 4.41. The number of benzene rings is 2. The maximum atomic E-state index is 13.7. The fraction of sp³-hybridized carbons (Fsp3) is 0.133. The van der Waals surface area contributed by atoms with Crippen molar-refractivity contribution in [2.75, 3.05) is 18.5 Å². The number of hydrogen-bond acceptors (Lipinski definition) is 3. The molecule has 1 heterocycles. The summed E-state index contributed by atoms with van der Waals surface area (Å²) in [5, 5.41) is 3.10. The lowest BCUT2D eigenvalue weighted by Gasteiger charge is -2.21. The largest absolute Gasteiger partial charge is 0.489 e. The molecule has 0 fully saturated rings. The van der Waals surface area contributed by atoms with Crippen LogP contribution in [0.4, 0.5) is 14.5 Å². The third-order valence-corrected chi connectivity index (χ3v) is 3.10. The van der Waals surface area contributed by atoms with Gasteiger partial charge < -0.3 is 10.1 Å². The zero-order chi connectivity index (χ0) is 14.1. The molecule has 3 nitrogen and oxygen atoms in total. The molecular weight excluding hydrogens is 264 g/mol. The molecule has 20 heavy (non-hydrogen) atoms. The van der Waals surface area contributed by atoms with Gasteiger partial charge in [-0.15, -0.1) is 0 Å². The minimum atomic E-state index is -0.878. The van der Waals surface area contributed by atoms with Gasteiger partial charge in [-0.05, 0) is 24.3 Å². The Kier molecular flexibility index (Phi) is 3.10. The Balaban J connectivity index is 2.07. The Morgan fingerprint density at radius 1 is 1.15 bits per heavy atom. The molecule has 0 radical (unpaired) electrons. The number of para-hydroxylation sites is 1. The highest BCUT2D eigenvalue weighted by Crippen LogP contribution is 2.33. The molecule has 1 N–H and O–H groups in total. The van der Waals surface area contributed by atoms with Crippen LogP contribution in [-0.4, -0.2) is 18.9 Å². The summed E-state index contributed by atoms with van der Waals surface area (Å²) in [6, 6.07) is 7.94. The normalized spacial score (nSPS) is 13.1. The number of anilines is 1. The molecule has 0 amide bonds. The molecule has 0 unspecified atom stereocenters. The first-order valence-electron chi connectivity index (χ1n) is 6.16. The van der Waals surface area contributed by atoms with Crippen LogP contribution in [0, 0.1) is 11.6 Å². The Morgan fingerprint density at radius 2 is 2.00 bits per heavy atom. The summed E-state index contributed by atoms with van der Waals surface area (Å²) >= 11 is 0. The zero-order valence-electron chi connectivity index (χ0n) is 10.5. The lowest BCUT2D eigenvalue weighted by molar-refractivity contribution is 0.103. The molecule has 0 saturated heterocycles. The van der Waals surface area contributed by atoms with Crippen LogP contribution in [0.1, 0.15) is 15.9 Å². The van der Waals surface area contributed by atoms with Crippen molar-refractivity contribution in [1.82, 2.24) is 0 Å². The smallest absolute Gasteiger partial charge is 0.199 e. The van der Waals surface area contributed by atoms with E-state index >= 15 is 0 Å². The number of hydrogen-bond donors (Lipinski definition) is 1. The van der Waals surface area contributed by atoms with Crippen LogP contribution in [0.15, 0.2) is 36.4 Å². The first kappa shape index (κ1) is 12.6. The summed E-state index contributed by atoms with van der Waals surface area (Å²) in [5.41, 5.74) is 0.791. The van der Waals surface area contributed by atoms with Gasteiger partial charge in [-0.1, -0.05) is 6.07 Å². The van der Waals surface area contributed by atoms with E-state index in [0.29, 0.717) is 30.7 Å². The number of rotatable bonds is 2. The third-order valence-electron chi connectivity index (χ3n) is 3.10. The monoisotopic (exact) mass is 275 g/mol. The van der Waals surface area contributed by atoms with Crippen LogP contribution < -0.4 is 10.1 Å². The predicted octanol–water partition coefficient (Wildman–Crippen LogP) is 3.00. The summed E-state index contributed by atoms with van der Waals surface area (Å²) in [5.74, 6) is -1.71. The average Bonchev–Trinajstić information content (AvgIpc) is 2.46. The molecule has 1 aliphatic rings. The first-order valence-corrected chi connectivity index (χ1v) is 6.16. The zero-order valence-corrected chi connectivity index (χ0v) is 10.5. The quantitative estimate of drug-likeness (QED) is 0.856. The molecule has 102 valence electrons. The van der Waals surface area contributed by atoms with Crippen molar-refractivity contribution in [2.45, 2.75) is 0 Å². The number of ketones is 1. The summed E-state index contributed by atoms with van der Waals surface area (Å²) in [7, 11) is 0. The molecule has 0 aliphatic carbocycles. The predicted molar refractivity (Wildman–Crippen MR) is 70.2 cm³/mol. The second kappa shape index (κ2) is 4.92. The summed E-state index contributed by atoms with van der Waals surface area (Å²) in [6.45, 7) is 1.08. The molecule has 2 aromatic carbocycles. The first-order chi connectivity index (χ1) is 9.66. The van der Waals surface area contributed by atoms with Gasteiger partial charge in [0.15, 0.2) is 11.5 Å². The fourth-order valence-corrected chi connectivity index (χ4v) is 2.17. The summed E-state index contributed by atoms with van der Waals surface area (Å²) < 4.78 is 32.1. The van der Waals surface area contributed by atoms with Crippen molar-refractivity contribution in [3.63, 3.8) is 0 Å². The van der Waals surface area contributed by atoms with Crippen molar-refractivity contribution < 1.29 is 18.3 Å². The van der Waals surface area contributed by atoms with Gasteiger partial charge in [0.25, 0.3) is 0 Å². The van der Waals surface area contributed by atoms with Crippen molar-refractivity contribution in [3.05, 3.63) is 59.2 Å². The number of nitrogens with one attached hydrogen (secondary N) is 1. The fourth-order valence-electron chi connectivity index (χ4n) is 2.17. The highest BCUT2D eigenvalue weighted by molar-refractivity contribution is 6.11. The molecule has 0 saturated carbocycles. The number of fused-ring (bicyclic) bond motifs is 1. The third kappa shape index (κ3) is 2.11. The number of halogens is 2. The summed E-state index contributed by atoms with van der Waals surface area (Å²) in [4.78, 5) is 12.4. The van der Waals surface area contributed by atoms with Crippen LogP contribution in [0.2, 0.25) is 0 Å². The van der Waals surface area contributed by atoms with Gasteiger partial charge in [0.2, 0.25) is 0 Å².